The molecule has 0 saturated heterocycles. The standard InChI is InChI=1S/C22H19NO3S/c24-19(15-9-3-1-4-10-15)21-20(17-13-7-8-14-18(17)27-21)26-22(25)23-16-11-5-2-6-12-16/h1-6,9-12H,7-8,13-14H2,(H,23,25). The largest absolute Gasteiger partial charge is 0.417 e. The SMILES string of the molecule is O=C(Nc1ccccc1)Oc1c(C(=O)c2ccccc2)sc2c1CCCC2. The lowest BCUT2D eigenvalue weighted by atomic mass is 9.97. The van der Waals surface area contributed by atoms with E-state index in [1.165, 1.54) is 11.3 Å². The molecule has 2 aromatic carbocycles. The summed E-state index contributed by atoms with van der Waals surface area (Å²) in [7, 11) is 0. The minimum absolute atomic E-state index is 0.0995. The molecule has 27 heavy (non-hydrogen) atoms. The first-order valence-corrected chi connectivity index (χ1v) is 9.82. The van der Waals surface area contributed by atoms with Gasteiger partial charge in [0.05, 0.1) is 0 Å². The second-order valence-corrected chi connectivity index (χ2v) is 7.55. The van der Waals surface area contributed by atoms with Crippen LogP contribution >= 0.6 is 11.3 Å². The third-order valence-corrected chi connectivity index (χ3v) is 5.85. The first-order valence-electron chi connectivity index (χ1n) is 9.00. The first kappa shape index (κ1) is 17.5. The van der Waals surface area contributed by atoms with Gasteiger partial charge in [0.25, 0.3) is 0 Å². The Balaban J connectivity index is 1.65. The third-order valence-electron chi connectivity index (χ3n) is 4.58. The van der Waals surface area contributed by atoms with Gasteiger partial charge in [0.1, 0.15) is 4.88 Å². The molecule has 0 bridgehead atoms. The number of carbonyl (C=O) groups is 2. The van der Waals surface area contributed by atoms with Crippen LogP contribution in [0.1, 0.15) is 38.5 Å². The summed E-state index contributed by atoms with van der Waals surface area (Å²) in [5.74, 6) is 0.328. The number of aryl methyl sites for hydroxylation is 1. The van der Waals surface area contributed by atoms with Crippen LogP contribution in [0.25, 0.3) is 0 Å². The molecule has 1 N–H and O–H groups in total. The molecular formula is C22H19NO3S. The maximum absolute atomic E-state index is 13.0. The molecular weight excluding hydrogens is 358 g/mol. The Labute approximate surface area is 161 Å². The second kappa shape index (κ2) is 7.76. The van der Waals surface area contributed by atoms with Crippen molar-refractivity contribution < 1.29 is 14.3 Å². The molecule has 1 aliphatic rings. The smallest absolute Gasteiger partial charge is 0.408 e. The lowest BCUT2D eigenvalue weighted by Gasteiger charge is -2.13. The molecule has 0 fully saturated rings. The zero-order valence-corrected chi connectivity index (χ0v) is 15.6. The van der Waals surface area contributed by atoms with Crippen molar-refractivity contribution >= 4 is 28.9 Å². The zero-order valence-electron chi connectivity index (χ0n) is 14.7. The van der Waals surface area contributed by atoms with Crippen molar-refractivity contribution in [2.24, 2.45) is 0 Å². The van der Waals surface area contributed by atoms with Crippen LogP contribution in [0.4, 0.5) is 10.5 Å². The number of anilines is 1. The van der Waals surface area contributed by atoms with Gasteiger partial charge < -0.3 is 4.74 Å². The number of para-hydroxylation sites is 1. The fourth-order valence-electron chi connectivity index (χ4n) is 3.27. The van der Waals surface area contributed by atoms with E-state index in [1.54, 1.807) is 24.3 Å². The number of hydrogen-bond donors (Lipinski definition) is 1. The summed E-state index contributed by atoms with van der Waals surface area (Å²) in [6.07, 6.45) is 3.33. The lowest BCUT2D eigenvalue weighted by molar-refractivity contribution is 0.104. The molecule has 136 valence electrons. The first-order chi connectivity index (χ1) is 13.2. The van der Waals surface area contributed by atoms with E-state index in [0.29, 0.717) is 21.9 Å². The van der Waals surface area contributed by atoms with Crippen LogP contribution in [0.3, 0.4) is 0 Å². The molecule has 0 radical (unpaired) electrons. The van der Waals surface area contributed by atoms with E-state index in [9.17, 15) is 9.59 Å². The number of thiophene rings is 1. The van der Waals surface area contributed by atoms with Crippen molar-refractivity contribution in [2.45, 2.75) is 25.7 Å². The summed E-state index contributed by atoms with van der Waals surface area (Å²) in [6.45, 7) is 0. The molecule has 1 aliphatic carbocycles. The Morgan fingerprint density at radius 1 is 0.889 bits per heavy atom. The molecule has 4 nitrogen and oxygen atoms in total. The molecule has 3 aromatic rings. The Morgan fingerprint density at radius 2 is 1.56 bits per heavy atom. The van der Waals surface area contributed by atoms with Crippen molar-refractivity contribution in [3.05, 3.63) is 81.5 Å². The monoisotopic (exact) mass is 377 g/mol. The van der Waals surface area contributed by atoms with Gasteiger partial charge in [-0.1, -0.05) is 48.5 Å². The Bertz CT molecular complexity index is 964. The molecule has 0 atom stereocenters. The van der Waals surface area contributed by atoms with Crippen molar-refractivity contribution in [3.8, 4) is 5.75 Å². The Hall–Kier alpha value is -2.92. The predicted molar refractivity (Wildman–Crippen MR) is 107 cm³/mol. The predicted octanol–water partition coefficient (Wildman–Crippen LogP) is 5.47. The van der Waals surface area contributed by atoms with E-state index in [1.807, 2.05) is 36.4 Å². The fourth-order valence-corrected chi connectivity index (χ4v) is 4.55. The Morgan fingerprint density at radius 3 is 2.30 bits per heavy atom. The summed E-state index contributed by atoms with van der Waals surface area (Å²) in [4.78, 5) is 27.1. The Kier molecular flexibility index (Phi) is 5.03. The molecule has 1 aromatic heterocycles. The zero-order chi connectivity index (χ0) is 18.6. The van der Waals surface area contributed by atoms with Gasteiger partial charge in [0, 0.05) is 21.7 Å². The van der Waals surface area contributed by atoms with Crippen molar-refractivity contribution in [1.29, 1.82) is 0 Å². The quantitative estimate of drug-likeness (QED) is 0.614. The molecule has 0 spiro atoms. The van der Waals surface area contributed by atoms with Gasteiger partial charge in [-0.2, -0.15) is 0 Å². The number of carbonyl (C=O) groups excluding carboxylic acids is 2. The fraction of sp³-hybridized carbons (Fsp3) is 0.182. The summed E-state index contributed by atoms with van der Waals surface area (Å²) < 4.78 is 5.67. The number of ether oxygens (including phenoxy) is 1. The van der Waals surface area contributed by atoms with Crippen molar-refractivity contribution in [2.75, 3.05) is 5.32 Å². The van der Waals surface area contributed by atoms with Gasteiger partial charge in [-0.05, 0) is 37.8 Å². The van der Waals surface area contributed by atoms with E-state index in [2.05, 4.69) is 5.32 Å². The third kappa shape index (κ3) is 3.78. The average Bonchev–Trinajstić information content (AvgIpc) is 3.07. The van der Waals surface area contributed by atoms with Gasteiger partial charge in [-0.3, -0.25) is 10.1 Å². The van der Waals surface area contributed by atoms with Gasteiger partial charge >= 0.3 is 6.09 Å². The van der Waals surface area contributed by atoms with Crippen LogP contribution < -0.4 is 10.1 Å². The topological polar surface area (TPSA) is 55.4 Å². The molecule has 1 amide bonds. The van der Waals surface area contributed by atoms with Crippen LogP contribution in [0.2, 0.25) is 0 Å². The van der Waals surface area contributed by atoms with E-state index >= 15 is 0 Å². The highest BCUT2D eigenvalue weighted by Gasteiger charge is 2.28. The highest BCUT2D eigenvalue weighted by atomic mass is 32.1. The molecule has 4 rings (SSSR count). The number of ketones is 1. The maximum atomic E-state index is 13.0. The van der Waals surface area contributed by atoms with Crippen LogP contribution in [0, 0.1) is 0 Å². The van der Waals surface area contributed by atoms with Gasteiger partial charge in [-0.15, -0.1) is 11.3 Å². The van der Waals surface area contributed by atoms with Crippen LogP contribution in [0.5, 0.6) is 5.75 Å². The molecule has 0 saturated carbocycles. The lowest BCUT2D eigenvalue weighted by Crippen LogP contribution is -2.18. The summed E-state index contributed by atoms with van der Waals surface area (Å²) >= 11 is 1.46. The maximum Gasteiger partial charge on any atom is 0.417 e. The minimum Gasteiger partial charge on any atom is -0.408 e. The number of nitrogens with one attached hydrogen (secondary N) is 1. The highest BCUT2D eigenvalue weighted by Crippen LogP contribution is 2.41. The number of hydrogen-bond acceptors (Lipinski definition) is 4. The number of amides is 1. The summed E-state index contributed by atoms with van der Waals surface area (Å²) in [5, 5.41) is 2.73. The van der Waals surface area contributed by atoms with E-state index in [0.717, 1.165) is 36.1 Å². The average molecular weight is 377 g/mol. The number of benzene rings is 2. The van der Waals surface area contributed by atoms with E-state index < -0.39 is 6.09 Å². The van der Waals surface area contributed by atoms with Crippen LogP contribution in [0.15, 0.2) is 60.7 Å². The van der Waals surface area contributed by atoms with Crippen molar-refractivity contribution in [1.82, 2.24) is 0 Å². The molecule has 0 aliphatic heterocycles. The van der Waals surface area contributed by atoms with E-state index in [-0.39, 0.29) is 5.78 Å². The second-order valence-electron chi connectivity index (χ2n) is 6.44. The van der Waals surface area contributed by atoms with E-state index in [4.69, 9.17) is 4.74 Å². The molecule has 1 heterocycles. The summed E-state index contributed by atoms with van der Waals surface area (Å²) in [6, 6.07) is 18.3. The van der Waals surface area contributed by atoms with Gasteiger partial charge in [-0.25, -0.2) is 4.79 Å². The molecule has 5 heteroatoms. The van der Waals surface area contributed by atoms with Gasteiger partial charge in [0.2, 0.25) is 5.78 Å². The van der Waals surface area contributed by atoms with Crippen LogP contribution in [-0.2, 0) is 12.8 Å². The highest BCUT2D eigenvalue weighted by molar-refractivity contribution is 7.14. The minimum atomic E-state index is -0.575. The van der Waals surface area contributed by atoms with Crippen molar-refractivity contribution in [3.63, 3.8) is 0 Å². The number of fused-ring (bicyclic) bond motifs is 1. The summed E-state index contributed by atoms with van der Waals surface area (Å²) in [5.41, 5.74) is 2.26. The number of rotatable bonds is 4. The molecule has 0 unspecified atom stereocenters. The van der Waals surface area contributed by atoms with Crippen LogP contribution in [-0.4, -0.2) is 11.9 Å². The van der Waals surface area contributed by atoms with Gasteiger partial charge in [0.15, 0.2) is 5.75 Å². The normalized spacial score (nSPS) is 12.9.